The Balaban J connectivity index is 2.14. The fraction of sp³-hybridized carbons (Fsp3) is 0.200. The zero-order valence-corrected chi connectivity index (χ0v) is 12.4. The normalized spacial score (nSPS) is 10.6. The van der Waals surface area contributed by atoms with Crippen LogP contribution < -0.4 is 10.1 Å². The molecule has 0 spiro atoms. The van der Waals surface area contributed by atoms with E-state index in [0.29, 0.717) is 27.9 Å². The van der Waals surface area contributed by atoms with Crippen molar-refractivity contribution in [3.63, 3.8) is 0 Å². The standard InChI is InChI=1S/C15H14Cl2FNO/c1-19-8-10-5-6-13(18)11(7-10)9-20-14-4-2-3-12(16)15(14)17/h2-7,19H,8-9H2,1H3. The second kappa shape index (κ2) is 6.93. The summed E-state index contributed by atoms with van der Waals surface area (Å²) in [7, 11) is 1.84. The van der Waals surface area contributed by atoms with Gasteiger partial charge in [-0.05, 0) is 36.9 Å². The van der Waals surface area contributed by atoms with E-state index in [1.165, 1.54) is 6.07 Å². The van der Waals surface area contributed by atoms with Gasteiger partial charge in [-0.3, -0.25) is 0 Å². The Morgan fingerprint density at radius 1 is 1.20 bits per heavy atom. The van der Waals surface area contributed by atoms with E-state index >= 15 is 0 Å². The van der Waals surface area contributed by atoms with E-state index in [4.69, 9.17) is 27.9 Å². The molecule has 0 aromatic heterocycles. The molecule has 2 aromatic rings. The van der Waals surface area contributed by atoms with Crippen LogP contribution in [0, 0.1) is 5.82 Å². The van der Waals surface area contributed by atoms with Gasteiger partial charge in [0.2, 0.25) is 0 Å². The summed E-state index contributed by atoms with van der Waals surface area (Å²) in [6, 6.07) is 10.0. The molecule has 0 bridgehead atoms. The van der Waals surface area contributed by atoms with Gasteiger partial charge >= 0.3 is 0 Å². The minimum Gasteiger partial charge on any atom is -0.487 e. The molecule has 2 rings (SSSR count). The van der Waals surface area contributed by atoms with Crippen LogP contribution in [0.3, 0.4) is 0 Å². The van der Waals surface area contributed by atoms with Gasteiger partial charge < -0.3 is 10.1 Å². The quantitative estimate of drug-likeness (QED) is 0.881. The van der Waals surface area contributed by atoms with Crippen LogP contribution in [0.25, 0.3) is 0 Å². The van der Waals surface area contributed by atoms with Crippen LogP contribution in [0.1, 0.15) is 11.1 Å². The van der Waals surface area contributed by atoms with Crippen LogP contribution in [0.2, 0.25) is 10.0 Å². The molecule has 0 atom stereocenters. The van der Waals surface area contributed by atoms with Gasteiger partial charge in [0.15, 0.2) is 0 Å². The van der Waals surface area contributed by atoms with Crippen molar-refractivity contribution < 1.29 is 9.13 Å². The summed E-state index contributed by atoms with van der Waals surface area (Å²) in [4.78, 5) is 0. The maximum absolute atomic E-state index is 13.7. The van der Waals surface area contributed by atoms with E-state index in [1.54, 1.807) is 30.3 Å². The zero-order valence-electron chi connectivity index (χ0n) is 10.9. The van der Waals surface area contributed by atoms with Gasteiger partial charge in [-0.1, -0.05) is 35.3 Å². The predicted octanol–water partition coefficient (Wildman–Crippen LogP) is 4.43. The molecule has 0 unspecified atom stereocenters. The third-order valence-electron chi connectivity index (χ3n) is 2.79. The van der Waals surface area contributed by atoms with Crippen molar-refractivity contribution in [1.82, 2.24) is 5.32 Å². The molecule has 2 nitrogen and oxygen atoms in total. The van der Waals surface area contributed by atoms with Crippen LogP contribution in [0.4, 0.5) is 4.39 Å². The lowest BCUT2D eigenvalue weighted by atomic mass is 10.1. The lowest BCUT2D eigenvalue weighted by molar-refractivity contribution is 0.300. The Kier molecular flexibility index (Phi) is 5.24. The SMILES string of the molecule is CNCc1ccc(F)c(COc2cccc(Cl)c2Cl)c1. The molecule has 0 amide bonds. The molecule has 0 saturated carbocycles. The first-order valence-corrected chi connectivity index (χ1v) is 6.86. The Hall–Kier alpha value is -1.29. The number of ether oxygens (including phenoxy) is 1. The average Bonchev–Trinajstić information content (AvgIpc) is 2.44. The van der Waals surface area contributed by atoms with Crippen LogP contribution >= 0.6 is 23.2 Å². The summed E-state index contributed by atoms with van der Waals surface area (Å²) < 4.78 is 19.3. The summed E-state index contributed by atoms with van der Waals surface area (Å²) >= 11 is 11.9. The average molecular weight is 314 g/mol. The molecule has 1 N–H and O–H groups in total. The Bertz CT molecular complexity index is 604. The summed E-state index contributed by atoms with van der Waals surface area (Å²) in [5.41, 5.74) is 1.47. The highest BCUT2D eigenvalue weighted by atomic mass is 35.5. The van der Waals surface area contributed by atoms with Crippen LogP contribution in [0.5, 0.6) is 5.75 Å². The van der Waals surface area contributed by atoms with Gasteiger partial charge in [0.1, 0.15) is 23.2 Å². The second-order valence-corrected chi connectivity index (χ2v) is 5.08. The third kappa shape index (κ3) is 3.63. The van der Waals surface area contributed by atoms with E-state index < -0.39 is 0 Å². The lowest BCUT2D eigenvalue weighted by Gasteiger charge is -2.11. The minimum absolute atomic E-state index is 0.101. The summed E-state index contributed by atoms with van der Waals surface area (Å²) in [6.45, 7) is 0.772. The molecular weight excluding hydrogens is 300 g/mol. The van der Waals surface area contributed by atoms with E-state index in [9.17, 15) is 4.39 Å². The zero-order chi connectivity index (χ0) is 14.5. The fourth-order valence-corrected chi connectivity index (χ4v) is 2.15. The number of halogens is 3. The maximum Gasteiger partial charge on any atom is 0.139 e. The van der Waals surface area contributed by atoms with Crippen molar-refractivity contribution in [3.05, 3.63) is 63.4 Å². The number of hydrogen-bond donors (Lipinski definition) is 1. The molecule has 0 heterocycles. The molecule has 0 aliphatic heterocycles. The molecular formula is C15H14Cl2FNO. The molecule has 0 fully saturated rings. The highest BCUT2D eigenvalue weighted by molar-refractivity contribution is 6.42. The molecule has 2 aromatic carbocycles. The fourth-order valence-electron chi connectivity index (χ4n) is 1.80. The van der Waals surface area contributed by atoms with Crippen molar-refractivity contribution in [2.45, 2.75) is 13.2 Å². The van der Waals surface area contributed by atoms with Gasteiger partial charge in [0.05, 0.1) is 5.02 Å². The summed E-state index contributed by atoms with van der Waals surface area (Å²) in [5, 5.41) is 3.76. The number of nitrogens with one attached hydrogen (secondary N) is 1. The largest absolute Gasteiger partial charge is 0.487 e. The predicted molar refractivity (Wildman–Crippen MR) is 80.0 cm³/mol. The van der Waals surface area contributed by atoms with Crippen molar-refractivity contribution in [1.29, 1.82) is 0 Å². The Morgan fingerprint density at radius 2 is 2.00 bits per heavy atom. The number of benzene rings is 2. The van der Waals surface area contributed by atoms with Crippen LogP contribution in [0.15, 0.2) is 36.4 Å². The molecule has 5 heteroatoms. The van der Waals surface area contributed by atoms with E-state index in [1.807, 2.05) is 7.05 Å². The monoisotopic (exact) mass is 313 g/mol. The number of rotatable bonds is 5. The molecule has 106 valence electrons. The smallest absolute Gasteiger partial charge is 0.139 e. The van der Waals surface area contributed by atoms with Crippen molar-refractivity contribution in [2.24, 2.45) is 0 Å². The molecule has 0 aliphatic rings. The molecule has 20 heavy (non-hydrogen) atoms. The van der Waals surface area contributed by atoms with Gasteiger partial charge in [-0.15, -0.1) is 0 Å². The molecule has 0 radical (unpaired) electrons. The van der Waals surface area contributed by atoms with Gasteiger partial charge in [0.25, 0.3) is 0 Å². The lowest BCUT2D eigenvalue weighted by Crippen LogP contribution is -2.07. The van der Waals surface area contributed by atoms with Gasteiger partial charge in [-0.2, -0.15) is 0 Å². The van der Waals surface area contributed by atoms with Crippen LogP contribution in [-0.2, 0) is 13.2 Å². The van der Waals surface area contributed by atoms with Crippen molar-refractivity contribution in [3.8, 4) is 5.75 Å². The third-order valence-corrected chi connectivity index (χ3v) is 3.59. The van der Waals surface area contributed by atoms with Crippen molar-refractivity contribution >= 4 is 23.2 Å². The second-order valence-electron chi connectivity index (χ2n) is 4.30. The first kappa shape index (κ1) is 15.1. The number of hydrogen-bond acceptors (Lipinski definition) is 2. The van der Waals surface area contributed by atoms with E-state index in [-0.39, 0.29) is 12.4 Å². The summed E-state index contributed by atoms with van der Waals surface area (Å²) in [6.07, 6.45) is 0. The maximum atomic E-state index is 13.7. The first-order valence-electron chi connectivity index (χ1n) is 6.10. The van der Waals surface area contributed by atoms with Crippen LogP contribution in [-0.4, -0.2) is 7.05 Å². The molecule has 0 saturated heterocycles. The minimum atomic E-state index is -0.303. The van der Waals surface area contributed by atoms with Crippen molar-refractivity contribution in [2.75, 3.05) is 7.05 Å². The van der Waals surface area contributed by atoms with E-state index in [0.717, 1.165) is 5.56 Å². The topological polar surface area (TPSA) is 21.3 Å². The highest BCUT2D eigenvalue weighted by Crippen LogP contribution is 2.32. The van der Waals surface area contributed by atoms with Gasteiger partial charge in [-0.25, -0.2) is 4.39 Å². The van der Waals surface area contributed by atoms with E-state index in [2.05, 4.69) is 5.32 Å². The Morgan fingerprint density at radius 3 is 2.75 bits per heavy atom. The van der Waals surface area contributed by atoms with Gasteiger partial charge in [0, 0.05) is 12.1 Å². The molecule has 0 aliphatic carbocycles. The summed E-state index contributed by atoms with van der Waals surface area (Å²) in [5.74, 6) is 0.139. The Labute approximate surface area is 127 Å². The first-order chi connectivity index (χ1) is 9.61. The highest BCUT2D eigenvalue weighted by Gasteiger charge is 2.08.